The highest BCUT2D eigenvalue weighted by Gasteiger charge is 2.05. The molecule has 84 valence electrons. The normalized spacial score (nSPS) is 14.3. The number of hydrogen-bond donors (Lipinski definition) is 1. The van der Waals surface area contributed by atoms with Gasteiger partial charge in [0, 0.05) is 11.6 Å². The molecule has 2 nitrogen and oxygen atoms in total. The van der Waals surface area contributed by atoms with Crippen LogP contribution in [0.2, 0.25) is 0 Å². The minimum Gasteiger partial charge on any atom is -0.330 e. The first-order chi connectivity index (χ1) is 6.97. The van der Waals surface area contributed by atoms with Crippen molar-refractivity contribution in [2.24, 2.45) is 5.92 Å². The average Bonchev–Trinajstić information content (AvgIpc) is 2.17. The number of carbonyl (C=O) groups excluding carboxylic acids is 1. The van der Waals surface area contributed by atoms with Crippen LogP contribution >= 0.6 is 0 Å². The summed E-state index contributed by atoms with van der Waals surface area (Å²) in [7, 11) is 0. The molecule has 1 N–H and O–H groups in total. The van der Waals surface area contributed by atoms with Crippen molar-refractivity contribution in [1.29, 1.82) is 0 Å². The second kappa shape index (κ2) is 6.98. The van der Waals surface area contributed by atoms with Crippen molar-refractivity contribution < 1.29 is 9.18 Å². The first-order valence-corrected chi connectivity index (χ1v) is 4.90. The van der Waals surface area contributed by atoms with Crippen LogP contribution in [-0.2, 0) is 4.79 Å². The molecule has 0 fully saturated rings. The summed E-state index contributed by atoms with van der Waals surface area (Å²) in [5.41, 5.74) is 0.696. The van der Waals surface area contributed by atoms with Crippen molar-refractivity contribution in [3.8, 4) is 0 Å². The van der Waals surface area contributed by atoms with Crippen molar-refractivity contribution in [2.75, 3.05) is 0 Å². The van der Waals surface area contributed by atoms with E-state index in [1.54, 1.807) is 19.1 Å². The first-order valence-electron chi connectivity index (χ1n) is 4.90. The van der Waals surface area contributed by atoms with Gasteiger partial charge in [-0.1, -0.05) is 32.6 Å². The van der Waals surface area contributed by atoms with Gasteiger partial charge >= 0.3 is 0 Å². The molecule has 0 aliphatic rings. The average molecular weight is 211 g/mol. The largest absolute Gasteiger partial charge is 0.330 e. The third-order valence-corrected chi connectivity index (χ3v) is 1.71. The van der Waals surface area contributed by atoms with E-state index in [-0.39, 0.29) is 11.8 Å². The SMILES string of the molecule is C=CC(F)C=C/C=C(\C)NC(=O)C(C)C. The summed E-state index contributed by atoms with van der Waals surface area (Å²) in [5.74, 6) is -0.0999. The molecule has 0 aromatic carbocycles. The lowest BCUT2D eigenvalue weighted by atomic mass is 10.2. The van der Waals surface area contributed by atoms with Crippen LogP contribution < -0.4 is 5.32 Å². The molecule has 0 spiro atoms. The molecule has 0 saturated heterocycles. The molecular formula is C12H18FNO. The van der Waals surface area contributed by atoms with E-state index in [0.717, 1.165) is 0 Å². The summed E-state index contributed by atoms with van der Waals surface area (Å²) < 4.78 is 12.7. The zero-order valence-corrected chi connectivity index (χ0v) is 9.46. The predicted octanol–water partition coefficient (Wildman–Crippen LogP) is 2.74. The summed E-state index contributed by atoms with van der Waals surface area (Å²) in [6, 6.07) is 0. The third kappa shape index (κ3) is 6.66. The van der Waals surface area contributed by atoms with Crippen LogP contribution in [0.25, 0.3) is 0 Å². The second-order valence-corrected chi connectivity index (χ2v) is 3.56. The van der Waals surface area contributed by atoms with Crippen LogP contribution in [0.5, 0.6) is 0 Å². The quantitative estimate of drug-likeness (QED) is 0.550. The Hall–Kier alpha value is -1.38. The van der Waals surface area contributed by atoms with Crippen LogP contribution in [0.1, 0.15) is 20.8 Å². The fourth-order valence-electron chi connectivity index (χ4n) is 0.765. The van der Waals surface area contributed by atoms with Gasteiger partial charge in [-0.05, 0) is 19.1 Å². The van der Waals surface area contributed by atoms with Gasteiger partial charge in [0.25, 0.3) is 0 Å². The molecule has 1 unspecified atom stereocenters. The van der Waals surface area contributed by atoms with E-state index >= 15 is 0 Å². The lowest BCUT2D eigenvalue weighted by Gasteiger charge is -2.06. The fourth-order valence-corrected chi connectivity index (χ4v) is 0.765. The molecule has 0 bridgehead atoms. The smallest absolute Gasteiger partial charge is 0.226 e. The number of amides is 1. The van der Waals surface area contributed by atoms with Gasteiger partial charge in [-0.3, -0.25) is 4.79 Å². The molecule has 1 amide bonds. The summed E-state index contributed by atoms with van der Waals surface area (Å²) in [5, 5.41) is 2.69. The van der Waals surface area contributed by atoms with E-state index in [2.05, 4.69) is 11.9 Å². The molecule has 0 aromatic rings. The van der Waals surface area contributed by atoms with Gasteiger partial charge in [-0.25, -0.2) is 4.39 Å². The third-order valence-electron chi connectivity index (χ3n) is 1.71. The van der Waals surface area contributed by atoms with E-state index in [0.29, 0.717) is 5.70 Å². The predicted molar refractivity (Wildman–Crippen MR) is 61.0 cm³/mol. The minimum atomic E-state index is -1.14. The van der Waals surface area contributed by atoms with E-state index in [1.165, 1.54) is 12.2 Å². The summed E-state index contributed by atoms with van der Waals surface area (Å²) in [4.78, 5) is 11.2. The highest BCUT2D eigenvalue weighted by molar-refractivity contribution is 5.79. The summed E-state index contributed by atoms with van der Waals surface area (Å²) in [6.45, 7) is 8.70. The van der Waals surface area contributed by atoms with Crippen LogP contribution in [-0.4, -0.2) is 12.1 Å². The minimum absolute atomic E-state index is 0.0438. The van der Waals surface area contributed by atoms with Gasteiger partial charge in [-0.2, -0.15) is 0 Å². The molecule has 0 radical (unpaired) electrons. The van der Waals surface area contributed by atoms with Gasteiger partial charge in [0.15, 0.2) is 0 Å². The molecule has 0 aliphatic heterocycles. The van der Waals surface area contributed by atoms with Crippen LogP contribution in [0.4, 0.5) is 4.39 Å². The highest BCUT2D eigenvalue weighted by atomic mass is 19.1. The Morgan fingerprint density at radius 1 is 1.47 bits per heavy atom. The molecule has 1 atom stereocenters. The second-order valence-electron chi connectivity index (χ2n) is 3.56. The Labute approximate surface area is 90.6 Å². The molecule has 15 heavy (non-hydrogen) atoms. The zero-order valence-electron chi connectivity index (χ0n) is 9.46. The topological polar surface area (TPSA) is 29.1 Å². The fraction of sp³-hybridized carbons (Fsp3) is 0.417. The Balaban J connectivity index is 4.15. The molecule has 0 saturated carbocycles. The Kier molecular flexibility index (Phi) is 6.34. The molecular weight excluding hydrogens is 193 g/mol. The molecule has 0 rings (SSSR count). The van der Waals surface area contributed by atoms with E-state index in [1.807, 2.05) is 13.8 Å². The maximum atomic E-state index is 12.7. The number of halogens is 1. The van der Waals surface area contributed by atoms with Gasteiger partial charge in [0.05, 0.1) is 0 Å². The maximum absolute atomic E-state index is 12.7. The zero-order chi connectivity index (χ0) is 11.8. The molecule has 0 aromatic heterocycles. The molecule has 0 aliphatic carbocycles. The Morgan fingerprint density at radius 3 is 2.53 bits per heavy atom. The van der Waals surface area contributed by atoms with Crippen molar-refractivity contribution in [3.05, 3.63) is 36.6 Å². The number of allylic oxidation sites excluding steroid dienone is 5. The number of hydrogen-bond acceptors (Lipinski definition) is 1. The van der Waals surface area contributed by atoms with Crippen LogP contribution in [0.15, 0.2) is 36.6 Å². The van der Waals surface area contributed by atoms with E-state index < -0.39 is 6.17 Å². The van der Waals surface area contributed by atoms with E-state index in [4.69, 9.17) is 0 Å². The highest BCUT2D eigenvalue weighted by Crippen LogP contribution is 1.97. The Morgan fingerprint density at radius 2 is 2.07 bits per heavy atom. The molecule has 3 heteroatoms. The van der Waals surface area contributed by atoms with Gasteiger partial charge in [0.2, 0.25) is 5.91 Å². The van der Waals surface area contributed by atoms with Gasteiger partial charge < -0.3 is 5.32 Å². The molecule has 0 heterocycles. The van der Waals surface area contributed by atoms with Gasteiger partial charge in [-0.15, -0.1) is 0 Å². The number of carbonyl (C=O) groups is 1. The monoisotopic (exact) mass is 211 g/mol. The van der Waals surface area contributed by atoms with Crippen molar-refractivity contribution in [3.63, 3.8) is 0 Å². The lowest BCUT2D eigenvalue weighted by Crippen LogP contribution is -2.25. The van der Waals surface area contributed by atoms with Crippen LogP contribution in [0, 0.1) is 5.92 Å². The first kappa shape index (κ1) is 13.6. The summed E-state index contributed by atoms with van der Waals surface area (Å²) in [6.07, 6.45) is 4.62. The van der Waals surface area contributed by atoms with Gasteiger partial charge in [0.1, 0.15) is 6.17 Å². The van der Waals surface area contributed by atoms with Crippen molar-refractivity contribution in [1.82, 2.24) is 5.32 Å². The standard InChI is InChI=1S/C12H18FNO/c1-5-11(13)8-6-7-10(4)14-12(15)9(2)3/h5-9,11H,1H2,2-4H3,(H,14,15)/b8-6?,10-7+. The maximum Gasteiger partial charge on any atom is 0.226 e. The van der Waals surface area contributed by atoms with Crippen molar-refractivity contribution >= 4 is 5.91 Å². The summed E-state index contributed by atoms with van der Waals surface area (Å²) >= 11 is 0. The number of nitrogens with one attached hydrogen (secondary N) is 1. The van der Waals surface area contributed by atoms with E-state index in [9.17, 15) is 9.18 Å². The van der Waals surface area contributed by atoms with Crippen molar-refractivity contribution in [2.45, 2.75) is 26.9 Å². The number of rotatable bonds is 5. The Bertz CT molecular complexity index is 279. The lowest BCUT2D eigenvalue weighted by molar-refractivity contribution is -0.123. The number of alkyl halides is 1. The van der Waals surface area contributed by atoms with Crippen LogP contribution in [0.3, 0.4) is 0 Å².